The second kappa shape index (κ2) is 16.8. The summed E-state index contributed by atoms with van der Waals surface area (Å²) in [6.07, 6.45) is -6.89. The minimum atomic E-state index is -1.79. The first-order chi connectivity index (χ1) is 26.9. The Hall–Kier alpha value is -1.27. The number of fused-ring (bicyclic) bond motifs is 5. The summed E-state index contributed by atoms with van der Waals surface area (Å²) in [6, 6.07) is 0. The van der Waals surface area contributed by atoms with Crippen molar-refractivity contribution < 1.29 is 69.3 Å². The van der Waals surface area contributed by atoms with Crippen LogP contribution in [0.25, 0.3) is 0 Å². The van der Waals surface area contributed by atoms with Crippen molar-refractivity contribution in [2.75, 3.05) is 13.2 Å². The van der Waals surface area contributed by atoms with Crippen LogP contribution >= 0.6 is 0 Å². The number of allylic oxidation sites excluding steroid dienone is 2. The molecule has 4 saturated carbocycles. The number of ether oxygens (including phenoxy) is 5. The van der Waals surface area contributed by atoms with E-state index in [9.17, 15) is 45.6 Å². The van der Waals surface area contributed by atoms with Crippen molar-refractivity contribution in [3.8, 4) is 0 Å². The molecule has 14 heteroatoms. The summed E-state index contributed by atoms with van der Waals surface area (Å²) in [4.78, 5) is 11.5. The summed E-state index contributed by atoms with van der Waals surface area (Å²) in [7, 11) is 0. The molecular formula is C44H74O14. The molecule has 4 aliphatic carbocycles. The molecule has 334 valence electrons. The molecule has 0 spiro atoms. The van der Waals surface area contributed by atoms with Crippen LogP contribution in [0.15, 0.2) is 11.6 Å². The lowest BCUT2D eigenvalue weighted by Crippen LogP contribution is -2.68. The number of esters is 1. The van der Waals surface area contributed by atoms with Crippen LogP contribution in [0.3, 0.4) is 0 Å². The van der Waals surface area contributed by atoms with Crippen molar-refractivity contribution >= 4 is 5.97 Å². The molecule has 0 aromatic rings. The monoisotopic (exact) mass is 827 g/mol. The molecule has 2 aliphatic heterocycles. The number of hydrogen-bond acceptors (Lipinski definition) is 14. The van der Waals surface area contributed by atoms with E-state index in [-0.39, 0.29) is 39.9 Å². The first-order valence-electron chi connectivity index (χ1n) is 21.7. The standard InChI is InChI=1S/C44H74O14/c1-22(2)11-10-15-44(9,53)24-12-17-43(8)31(24)25(47)19-29-41(6)16-14-30(40(4,5)28(41)13-18-42(29,43)7)57-39-37(35(51)32(48)26(20-45)55-39)58-38-36(52)34(50)33(49)27(56-38)21-54-23(3)46/h11,24-39,45,47-53H,10,12-21H2,1-9H3/t24-,25+,26+,27+,28?,29+,30-,31-,32+,33+,34-,35-,36+,37+,38-,39-,41-,42+,43+,44-/m0/s1. The van der Waals surface area contributed by atoms with Crippen molar-refractivity contribution in [3.05, 3.63) is 11.6 Å². The number of carbonyl (C=O) groups excluding carboxylic acids is 1. The van der Waals surface area contributed by atoms with Crippen molar-refractivity contribution in [1.29, 1.82) is 0 Å². The van der Waals surface area contributed by atoms with Gasteiger partial charge in [-0.2, -0.15) is 0 Å². The number of carbonyl (C=O) groups is 1. The fourth-order valence-corrected chi connectivity index (χ4v) is 13.5. The molecule has 0 amide bonds. The molecule has 2 heterocycles. The third-order valence-electron chi connectivity index (χ3n) is 16.9. The zero-order valence-electron chi connectivity index (χ0n) is 36.1. The fraction of sp³-hybridized carbons (Fsp3) is 0.932. The molecule has 6 fully saturated rings. The van der Waals surface area contributed by atoms with Gasteiger partial charge in [0.2, 0.25) is 0 Å². The second-order valence-electron chi connectivity index (χ2n) is 20.7. The maximum atomic E-state index is 12.2. The van der Waals surface area contributed by atoms with E-state index in [1.165, 1.54) is 12.5 Å². The van der Waals surface area contributed by atoms with Gasteiger partial charge >= 0.3 is 5.97 Å². The van der Waals surface area contributed by atoms with Gasteiger partial charge in [-0.3, -0.25) is 4.79 Å². The molecule has 8 N–H and O–H groups in total. The highest BCUT2D eigenvalue weighted by atomic mass is 16.8. The van der Waals surface area contributed by atoms with Crippen LogP contribution in [-0.4, -0.2) is 139 Å². The van der Waals surface area contributed by atoms with Crippen molar-refractivity contribution in [2.45, 2.75) is 199 Å². The first-order valence-corrected chi connectivity index (χ1v) is 21.7. The summed E-state index contributed by atoms with van der Waals surface area (Å²) in [5.41, 5.74) is -0.480. The smallest absolute Gasteiger partial charge is 0.302 e. The molecule has 14 nitrogen and oxygen atoms in total. The highest BCUT2D eigenvalue weighted by Crippen LogP contribution is 2.76. The number of aliphatic hydroxyl groups excluding tert-OH is 7. The van der Waals surface area contributed by atoms with Gasteiger partial charge in [0, 0.05) is 6.92 Å². The van der Waals surface area contributed by atoms with Gasteiger partial charge in [0.1, 0.15) is 55.4 Å². The Kier molecular flexibility index (Phi) is 13.4. The van der Waals surface area contributed by atoms with E-state index in [2.05, 4.69) is 54.5 Å². The maximum absolute atomic E-state index is 12.2. The average Bonchev–Trinajstić information content (AvgIpc) is 3.53. The normalized spacial score (nSPS) is 49.8. The zero-order valence-corrected chi connectivity index (χ0v) is 36.1. The van der Waals surface area contributed by atoms with Gasteiger partial charge in [-0.05, 0) is 124 Å². The highest BCUT2D eigenvalue weighted by Gasteiger charge is 2.71. The highest BCUT2D eigenvalue weighted by molar-refractivity contribution is 5.65. The van der Waals surface area contributed by atoms with Crippen LogP contribution in [0.4, 0.5) is 0 Å². The van der Waals surface area contributed by atoms with E-state index >= 15 is 0 Å². The largest absolute Gasteiger partial charge is 0.463 e. The minimum Gasteiger partial charge on any atom is -0.463 e. The van der Waals surface area contributed by atoms with Gasteiger partial charge in [0.25, 0.3) is 0 Å². The molecular weight excluding hydrogens is 752 g/mol. The van der Waals surface area contributed by atoms with Crippen LogP contribution in [0, 0.1) is 45.3 Å². The molecule has 0 bridgehead atoms. The zero-order chi connectivity index (χ0) is 42.9. The Labute approximate surface area is 344 Å². The molecule has 0 radical (unpaired) electrons. The van der Waals surface area contributed by atoms with Crippen LogP contribution in [-0.2, 0) is 28.5 Å². The lowest BCUT2D eigenvalue weighted by Gasteiger charge is -2.70. The molecule has 6 rings (SSSR count). The second-order valence-corrected chi connectivity index (χ2v) is 20.7. The summed E-state index contributed by atoms with van der Waals surface area (Å²) in [6.45, 7) is 17.8. The first kappa shape index (κ1) is 46.2. The summed E-state index contributed by atoms with van der Waals surface area (Å²) >= 11 is 0. The van der Waals surface area contributed by atoms with Crippen LogP contribution in [0.2, 0.25) is 0 Å². The van der Waals surface area contributed by atoms with E-state index in [0.717, 1.165) is 38.5 Å². The molecule has 0 aromatic carbocycles. The summed E-state index contributed by atoms with van der Waals surface area (Å²) in [5, 5.41) is 88.6. The quantitative estimate of drug-likeness (QED) is 0.0853. The van der Waals surface area contributed by atoms with E-state index < -0.39 is 104 Å². The third kappa shape index (κ3) is 7.87. The molecule has 58 heavy (non-hydrogen) atoms. The molecule has 0 aromatic heterocycles. The van der Waals surface area contributed by atoms with Crippen LogP contribution in [0.1, 0.15) is 120 Å². The predicted molar refractivity (Wildman–Crippen MR) is 210 cm³/mol. The van der Waals surface area contributed by atoms with Crippen molar-refractivity contribution in [3.63, 3.8) is 0 Å². The van der Waals surface area contributed by atoms with Crippen molar-refractivity contribution in [2.24, 2.45) is 45.3 Å². The Morgan fingerprint density at radius 3 is 2.05 bits per heavy atom. The SMILES string of the molecule is CC(=O)OC[C@H]1O[C@@H](O[C@H]2[C@H](O[C@H]3CC[C@@]4(C)C(CC[C@]5(C)[C@@H]4C[C@@H](O)[C@@H]4[C@@H]([C@@](C)(O)CCC=C(C)C)CC[C@]45C)C3(C)C)O[C@H](CO)[C@@H](O)[C@@H]2O)[C@H](O)[C@@H](O)[C@@H]1O. The maximum Gasteiger partial charge on any atom is 0.302 e. The summed E-state index contributed by atoms with van der Waals surface area (Å²) < 4.78 is 29.6. The average molecular weight is 827 g/mol. The molecule has 20 atom stereocenters. The van der Waals surface area contributed by atoms with E-state index in [0.29, 0.717) is 19.3 Å². The lowest BCUT2D eigenvalue weighted by molar-refractivity contribution is -0.378. The van der Waals surface area contributed by atoms with Gasteiger partial charge in [-0.15, -0.1) is 0 Å². The van der Waals surface area contributed by atoms with Crippen molar-refractivity contribution in [1.82, 2.24) is 0 Å². The topological polar surface area (TPSA) is 225 Å². The van der Waals surface area contributed by atoms with Gasteiger partial charge in [-0.25, -0.2) is 0 Å². The lowest BCUT2D eigenvalue weighted by atomic mass is 9.35. The number of rotatable bonds is 11. The van der Waals surface area contributed by atoms with E-state index in [4.69, 9.17) is 23.7 Å². The van der Waals surface area contributed by atoms with Crippen LogP contribution < -0.4 is 0 Å². The Bertz CT molecular complexity index is 1480. The minimum absolute atomic E-state index is 0.00195. The predicted octanol–water partition coefficient (Wildman–Crippen LogP) is 2.72. The van der Waals surface area contributed by atoms with Gasteiger partial charge in [0.05, 0.1) is 24.4 Å². The fourth-order valence-electron chi connectivity index (χ4n) is 13.5. The van der Waals surface area contributed by atoms with E-state index in [1.54, 1.807) is 0 Å². The Morgan fingerprint density at radius 1 is 0.776 bits per heavy atom. The third-order valence-corrected chi connectivity index (χ3v) is 16.9. The Balaban J connectivity index is 1.22. The van der Waals surface area contributed by atoms with E-state index in [1.807, 2.05) is 6.92 Å². The molecule has 1 unspecified atom stereocenters. The number of hydrogen-bond donors (Lipinski definition) is 8. The molecule has 6 aliphatic rings. The van der Waals surface area contributed by atoms with Crippen LogP contribution in [0.5, 0.6) is 0 Å². The van der Waals surface area contributed by atoms with Gasteiger partial charge in [-0.1, -0.05) is 46.3 Å². The van der Waals surface area contributed by atoms with Gasteiger partial charge < -0.3 is 64.5 Å². The number of aliphatic hydroxyl groups is 8. The van der Waals surface area contributed by atoms with Gasteiger partial charge in [0.15, 0.2) is 12.6 Å². The Morgan fingerprint density at radius 2 is 1.41 bits per heavy atom. The molecule has 2 saturated heterocycles. The summed E-state index contributed by atoms with van der Waals surface area (Å²) in [5.74, 6) is -0.252.